The van der Waals surface area contributed by atoms with Crippen molar-refractivity contribution >= 4 is 51.8 Å². The van der Waals surface area contributed by atoms with Crippen molar-refractivity contribution in [3.8, 4) is 17.2 Å². The van der Waals surface area contributed by atoms with Gasteiger partial charge < -0.3 is 14.8 Å². The predicted octanol–water partition coefficient (Wildman–Crippen LogP) is 4.30. The van der Waals surface area contributed by atoms with Crippen LogP contribution in [0.4, 0.5) is 5.13 Å². The van der Waals surface area contributed by atoms with E-state index >= 15 is 0 Å². The molecule has 4 rings (SSSR count). The fraction of sp³-hybridized carbons (Fsp3) is 0.280. The summed E-state index contributed by atoms with van der Waals surface area (Å²) in [6, 6.07) is 14.4. The normalized spacial score (nSPS) is 10.7. The summed E-state index contributed by atoms with van der Waals surface area (Å²) in [6.07, 6.45) is 0. The van der Waals surface area contributed by atoms with Gasteiger partial charge in [-0.2, -0.15) is 0 Å². The van der Waals surface area contributed by atoms with Gasteiger partial charge in [-0.25, -0.2) is 0 Å². The maximum atomic E-state index is 12.9. The van der Waals surface area contributed by atoms with Crippen LogP contribution < -0.4 is 20.1 Å². The molecule has 0 saturated heterocycles. The van der Waals surface area contributed by atoms with Crippen molar-refractivity contribution in [3.63, 3.8) is 0 Å². The number of amides is 2. The van der Waals surface area contributed by atoms with Crippen LogP contribution in [0.3, 0.4) is 0 Å². The van der Waals surface area contributed by atoms with Gasteiger partial charge in [0, 0.05) is 5.69 Å². The molecule has 0 spiro atoms. The minimum atomic E-state index is -0.306. The summed E-state index contributed by atoms with van der Waals surface area (Å²) in [6.45, 7) is 4.60. The number of aromatic nitrogens is 5. The van der Waals surface area contributed by atoms with Gasteiger partial charge in [0.25, 0.3) is 5.91 Å². The summed E-state index contributed by atoms with van der Waals surface area (Å²) in [5, 5.41) is 23.3. The highest BCUT2D eigenvalue weighted by atomic mass is 32.2. The van der Waals surface area contributed by atoms with Gasteiger partial charge >= 0.3 is 0 Å². The first-order valence-electron chi connectivity index (χ1n) is 12.0. The van der Waals surface area contributed by atoms with E-state index in [-0.39, 0.29) is 24.1 Å². The summed E-state index contributed by atoms with van der Waals surface area (Å²) in [5.74, 6) is 2.11. The van der Waals surface area contributed by atoms with Crippen molar-refractivity contribution < 1.29 is 19.1 Å². The van der Waals surface area contributed by atoms with Gasteiger partial charge in [-0.15, -0.1) is 20.4 Å². The maximum Gasteiger partial charge on any atom is 0.255 e. The molecule has 0 aliphatic heterocycles. The molecule has 0 saturated carbocycles. The van der Waals surface area contributed by atoms with E-state index in [2.05, 4.69) is 31.0 Å². The molecule has 2 amide bonds. The number of nitrogens with zero attached hydrogens (tertiary/aromatic N) is 5. The van der Waals surface area contributed by atoms with Crippen LogP contribution >= 0.6 is 34.9 Å². The van der Waals surface area contributed by atoms with E-state index < -0.39 is 0 Å². The van der Waals surface area contributed by atoms with E-state index in [1.54, 1.807) is 40.6 Å². The standard InChI is InChI=1S/C25H27N7O4S3/c1-4-36-17-12-10-16(11-13-17)32-20(14-26-22(34)18-8-6-7-9-19(18)35-3)28-30-24(32)38-15-21(33)27-23-29-31-25(39-23)37-5-2/h6-13H,4-5,14-15H2,1-3H3,(H,26,34)(H,27,29,33). The Morgan fingerprint density at radius 1 is 1.00 bits per heavy atom. The maximum absolute atomic E-state index is 12.9. The highest BCUT2D eigenvalue weighted by Crippen LogP contribution is 2.27. The molecule has 39 heavy (non-hydrogen) atoms. The second kappa shape index (κ2) is 14.0. The molecule has 4 aromatic rings. The number of para-hydroxylation sites is 1. The molecule has 0 bridgehead atoms. The van der Waals surface area contributed by atoms with Gasteiger partial charge in [0.05, 0.1) is 31.6 Å². The molecule has 0 atom stereocenters. The lowest BCUT2D eigenvalue weighted by molar-refractivity contribution is -0.113. The molecule has 14 heteroatoms. The molecule has 2 heterocycles. The van der Waals surface area contributed by atoms with E-state index in [1.165, 1.54) is 30.2 Å². The summed E-state index contributed by atoms with van der Waals surface area (Å²) in [5.41, 5.74) is 1.17. The SMILES string of the molecule is CCOc1ccc(-n2c(CNC(=O)c3ccccc3OC)nnc2SCC(=O)Nc2nnc(SCC)s2)cc1. The number of carbonyl (C=O) groups excluding carboxylic acids is 2. The average Bonchev–Trinajstić information content (AvgIpc) is 3.57. The average molecular weight is 586 g/mol. The van der Waals surface area contributed by atoms with E-state index in [9.17, 15) is 9.59 Å². The zero-order chi connectivity index (χ0) is 27.6. The number of ether oxygens (including phenoxy) is 2. The number of thioether (sulfide) groups is 2. The van der Waals surface area contributed by atoms with Crippen molar-refractivity contribution in [3.05, 3.63) is 59.9 Å². The van der Waals surface area contributed by atoms with Crippen molar-refractivity contribution in [2.24, 2.45) is 0 Å². The van der Waals surface area contributed by atoms with E-state index in [0.29, 0.717) is 34.0 Å². The van der Waals surface area contributed by atoms with Crippen LogP contribution in [0.25, 0.3) is 5.69 Å². The molecular formula is C25H27N7O4S3. The smallest absolute Gasteiger partial charge is 0.255 e. The quantitative estimate of drug-likeness (QED) is 0.173. The van der Waals surface area contributed by atoms with E-state index in [1.807, 2.05) is 38.1 Å². The Bertz CT molecular complexity index is 1410. The third-order valence-corrected chi connectivity index (χ3v) is 7.90. The Morgan fingerprint density at radius 3 is 2.54 bits per heavy atom. The van der Waals surface area contributed by atoms with Crippen LogP contribution in [-0.2, 0) is 11.3 Å². The number of anilines is 1. The molecule has 0 aliphatic rings. The first kappa shape index (κ1) is 28.4. The second-order valence-electron chi connectivity index (χ2n) is 7.69. The summed E-state index contributed by atoms with van der Waals surface area (Å²) in [7, 11) is 1.52. The van der Waals surface area contributed by atoms with Crippen LogP contribution in [0.2, 0.25) is 0 Å². The largest absolute Gasteiger partial charge is 0.496 e. The van der Waals surface area contributed by atoms with Crippen LogP contribution in [0.15, 0.2) is 58.0 Å². The molecule has 204 valence electrons. The number of nitrogens with one attached hydrogen (secondary N) is 2. The van der Waals surface area contributed by atoms with Crippen molar-refractivity contribution in [1.29, 1.82) is 0 Å². The zero-order valence-electron chi connectivity index (χ0n) is 21.5. The molecule has 2 aromatic heterocycles. The summed E-state index contributed by atoms with van der Waals surface area (Å²) >= 11 is 4.12. The van der Waals surface area contributed by atoms with E-state index in [0.717, 1.165) is 21.5 Å². The Labute approximate surface area is 238 Å². The number of rotatable bonds is 13. The topological polar surface area (TPSA) is 133 Å². The molecular weight excluding hydrogens is 559 g/mol. The number of benzene rings is 2. The molecule has 0 fully saturated rings. The monoisotopic (exact) mass is 585 g/mol. The Hall–Kier alpha value is -3.62. The molecule has 0 radical (unpaired) electrons. The third-order valence-electron chi connectivity index (χ3n) is 5.12. The number of hydrogen-bond acceptors (Lipinski definition) is 11. The third kappa shape index (κ3) is 7.49. The number of hydrogen-bond donors (Lipinski definition) is 2. The minimum absolute atomic E-state index is 0.0819. The van der Waals surface area contributed by atoms with Crippen LogP contribution in [-0.4, -0.2) is 62.0 Å². The van der Waals surface area contributed by atoms with Gasteiger partial charge in [-0.3, -0.25) is 19.5 Å². The van der Waals surface area contributed by atoms with Gasteiger partial charge in [0.1, 0.15) is 11.5 Å². The molecule has 0 unspecified atom stereocenters. The highest BCUT2D eigenvalue weighted by Gasteiger charge is 2.19. The molecule has 0 aliphatic carbocycles. The first-order valence-corrected chi connectivity index (χ1v) is 14.8. The fourth-order valence-corrected chi connectivity index (χ4v) is 5.88. The number of carbonyl (C=O) groups is 2. The van der Waals surface area contributed by atoms with Crippen LogP contribution in [0.5, 0.6) is 11.5 Å². The van der Waals surface area contributed by atoms with Crippen LogP contribution in [0.1, 0.15) is 30.0 Å². The molecule has 11 nitrogen and oxygen atoms in total. The van der Waals surface area contributed by atoms with Crippen molar-refractivity contribution in [1.82, 2.24) is 30.3 Å². The lowest BCUT2D eigenvalue weighted by Gasteiger charge is -2.12. The van der Waals surface area contributed by atoms with Gasteiger partial charge in [-0.05, 0) is 49.1 Å². The lowest BCUT2D eigenvalue weighted by Crippen LogP contribution is -2.25. The minimum Gasteiger partial charge on any atom is -0.496 e. The second-order valence-corrected chi connectivity index (χ2v) is 11.1. The molecule has 2 aromatic carbocycles. The van der Waals surface area contributed by atoms with Gasteiger partial charge in [0.2, 0.25) is 11.0 Å². The first-order chi connectivity index (χ1) is 19.0. The Balaban J connectivity index is 1.50. The lowest BCUT2D eigenvalue weighted by atomic mass is 10.2. The summed E-state index contributed by atoms with van der Waals surface area (Å²) < 4.78 is 13.5. The van der Waals surface area contributed by atoms with Crippen LogP contribution in [0, 0.1) is 0 Å². The Morgan fingerprint density at radius 2 is 1.79 bits per heavy atom. The molecule has 2 N–H and O–H groups in total. The van der Waals surface area contributed by atoms with Gasteiger partial charge in [-0.1, -0.05) is 53.9 Å². The van der Waals surface area contributed by atoms with E-state index in [4.69, 9.17) is 9.47 Å². The predicted molar refractivity (Wildman–Crippen MR) is 152 cm³/mol. The zero-order valence-corrected chi connectivity index (χ0v) is 24.0. The fourth-order valence-electron chi connectivity index (χ4n) is 3.44. The Kier molecular flexibility index (Phi) is 10.2. The van der Waals surface area contributed by atoms with Crippen molar-refractivity contribution in [2.75, 3.05) is 30.5 Å². The van der Waals surface area contributed by atoms with Gasteiger partial charge in [0.15, 0.2) is 15.3 Å². The number of methoxy groups -OCH3 is 1. The summed E-state index contributed by atoms with van der Waals surface area (Å²) in [4.78, 5) is 25.5. The van der Waals surface area contributed by atoms with Crippen molar-refractivity contribution in [2.45, 2.75) is 29.9 Å². The highest BCUT2D eigenvalue weighted by molar-refractivity contribution is 8.01.